The molecule has 2 aromatic heterocycles. The van der Waals surface area contributed by atoms with E-state index in [0.29, 0.717) is 17.3 Å². The monoisotopic (exact) mass is 325 g/mol. The topological polar surface area (TPSA) is 49.0 Å². The van der Waals surface area contributed by atoms with Crippen LogP contribution in [0.1, 0.15) is 35.8 Å². The zero-order valence-electron chi connectivity index (χ0n) is 13.1. The van der Waals surface area contributed by atoms with E-state index in [-0.39, 0.29) is 5.56 Å². The number of nitrogens with one attached hydrogen (secondary N) is 1. The van der Waals surface area contributed by atoms with E-state index in [1.54, 1.807) is 0 Å². The number of aromatic amines is 1. The van der Waals surface area contributed by atoms with Crippen LogP contribution >= 0.6 is 11.3 Å². The fourth-order valence-electron chi connectivity index (χ4n) is 3.52. The van der Waals surface area contributed by atoms with Gasteiger partial charge in [-0.3, -0.25) is 9.69 Å². The van der Waals surface area contributed by atoms with E-state index >= 15 is 0 Å². The second-order valence-electron chi connectivity index (χ2n) is 6.13. The molecule has 0 radical (unpaired) electrons. The maximum atomic E-state index is 12.1. The molecule has 0 aliphatic carbocycles. The highest BCUT2D eigenvalue weighted by Gasteiger charge is 2.27. The predicted molar refractivity (Wildman–Crippen MR) is 93.8 cm³/mol. The molecular formula is C18H19N3OS. The number of thiophene rings is 1. The van der Waals surface area contributed by atoms with Gasteiger partial charge in [-0.05, 0) is 48.9 Å². The molecule has 118 valence electrons. The first-order chi connectivity index (χ1) is 11.2. The number of aromatic nitrogens is 2. The lowest BCUT2D eigenvalue weighted by atomic mass is 9.99. The van der Waals surface area contributed by atoms with Crippen molar-refractivity contribution >= 4 is 21.6 Å². The number of likely N-dealkylation sites (tertiary alicyclic amines) is 1. The van der Waals surface area contributed by atoms with Crippen LogP contribution in [0.5, 0.6) is 0 Å². The second-order valence-corrected chi connectivity index (χ2v) is 7.05. The molecule has 4 rings (SSSR count). The molecule has 1 aromatic carbocycles. The summed E-state index contributed by atoms with van der Waals surface area (Å²) in [4.78, 5) is 22.1. The van der Waals surface area contributed by atoms with Gasteiger partial charge in [0.1, 0.15) is 10.5 Å². The molecule has 0 saturated carbocycles. The number of benzene rings is 1. The molecular weight excluding hydrogens is 306 g/mol. The quantitative estimate of drug-likeness (QED) is 0.800. The number of aryl methyl sites for hydroxylation is 1. The molecule has 0 spiro atoms. The Kier molecular flexibility index (Phi) is 3.75. The van der Waals surface area contributed by atoms with Gasteiger partial charge in [0.25, 0.3) is 5.56 Å². The van der Waals surface area contributed by atoms with Crippen LogP contribution < -0.4 is 5.56 Å². The summed E-state index contributed by atoms with van der Waals surface area (Å²) in [6, 6.07) is 10.9. The molecule has 3 aromatic rings. The van der Waals surface area contributed by atoms with Crippen LogP contribution in [0.4, 0.5) is 0 Å². The minimum absolute atomic E-state index is 0.0216. The molecule has 0 amide bonds. The van der Waals surface area contributed by atoms with Crippen molar-refractivity contribution in [2.75, 3.05) is 6.54 Å². The first-order valence-electron chi connectivity index (χ1n) is 7.98. The maximum absolute atomic E-state index is 12.1. The Morgan fingerprint density at radius 1 is 1.35 bits per heavy atom. The highest BCUT2D eigenvalue weighted by atomic mass is 32.1. The number of hydrogen-bond acceptors (Lipinski definition) is 4. The Bertz CT molecular complexity index is 898. The van der Waals surface area contributed by atoms with Crippen LogP contribution in [0.3, 0.4) is 0 Å². The van der Waals surface area contributed by atoms with Crippen LogP contribution in [-0.2, 0) is 6.54 Å². The lowest BCUT2D eigenvalue weighted by Crippen LogP contribution is -2.25. The number of nitrogens with zero attached hydrogens (tertiary/aromatic N) is 2. The van der Waals surface area contributed by atoms with Crippen molar-refractivity contribution in [3.63, 3.8) is 0 Å². The Hall–Kier alpha value is -1.98. The summed E-state index contributed by atoms with van der Waals surface area (Å²) < 4.78 is 0.714. The van der Waals surface area contributed by atoms with Gasteiger partial charge in [-0.25, -0.2) is 4.98 Å². The van der Waals surface area contributed by atoms with Crippen molar-refractivity contribution in [1.29, 1.82) is 0 Å². The Balaban J connectivity index is 1.64. The predicted octanol–water partition coefficient (Wildman–Crippen LogP) is 3.63. The van der Waals surface area contributed by atoms with Gasteiger partial charge in [0, 0.05) is 6.04 Å². The molecule has 5 heteroatoms. The standard InChI is InChI=1S/C18H19N3OS/c1-12-5-2-3-6-13(12)15-7-4-9-21(15)11-16-19-14-8-10-23-17(14)18(22)20-16/h2-3,5-6,8,10,15H,4,7,9,11H2,1H3,(H,19,20,22)/t15-/m0/s1. The zero-order chi connectivity index (χ0) is 15.8. The third kappa shape index (κ3) is 2.71. The lowest BCUT2D eigenvalue weighted by Gasteiger charge is -2.25. The van der Waals surface area contributed by atoms with E-state index < -0.39 is 0 Å². The van der Waals surface area contributed by atoms with Gasteiger partial charge >= 0.3 is 0 Å². The molecule has 1 saturated heterocycles. The second kappa shape index (κ2) is 5.91. The van der Waals surface area contributed by atoms with Gasteiger partial charge in [-0.1, -0.05) is 24.3 Å². The summed E-state index contributed by atoms with van der Waals surface area (Å²) in [5.74, 6) is 0.765. The van der Waals surface area contributed by atoms with Gasteiger partial charge in [-0.15, -0.1) is 11.3 Å². The van der Waals surface area contributed by atoms with E-state index in [1.165, 1.54) is 28.9 Å². The lowest BCUT2D eigenvalue weighted by molar-refractivity contribution is 0.242. The van der Waals surface area contributed by atoms with E-state index in [1.807, 2.05) is 11.4 Å². The first-order valence-corrected chi connectivity index (χ1v) is 8.86. The Morgan fingerprint density at radius 3 is 3.09 bits per heavy atom. The average Bonchev–Trinajstić information content (AvgIpc) is 3.17. The van der Waals surface area contributed by atoms with Crippen LogP contribution in [0, 0.1) is 6.92 Å². The van der Waals surface area contributed by atoms with Gasteiger partial charge in [-0.2, -0.15) is 0 Å². The molecule has 1 aliphatic heterocycles. The number of rotatable bonds is 3. The molecule has 23 heavy (non-hydrogen) atoms. The molecule has 1 fully saturated rings. The number of hydrogen-bond donors (Lipinski definition) is 1. The summed E-state index contributed by atoms with van der Waals surface area (Å²) >= 11 is 1.44. The smallest absolute Gasteiger partial charge is 0.268 e. The molecule has 0 bridgehead atoms. The molecule has 4 nitrogen and oxygen atoms in total. The summed E-state index contributed by atoms with van der Waals surface area (Å²) in [6.45, 7) is 3.91. The van der Waals surface area contributed by atoms with Crippen molar-refractivity contribution in [2.24, 2.45) is 0 Å². The largest absolute Gasteiger partial charge is 0.308 e. The first kappa shape index (κ1) is 14.6. The van der Waals surface area contributed by atoms with E-state index in [9.17, 15) is 4.79 Å². The van der Waals surface area contributed by atoms with Crippen molar-refractivity contribution < 1.29 is 0 Å². The van der Waals surface area contributed by atoms with E-state index in [4.69, 9.17) is 0 Å². The fraction of sp³-hybridized carbons (Fsp3) is 0.333. The van der Waals surface area contributed by atoms with Crippen LogP contribution in [0.2, 0.25) is 0 Å². The minimum Gasteiger partial charge on any atom is -0.308 e. The summed E-state index contributed by atoms with van der Waals surface area (Å²) in [7, 11) is 0. The number of fused-ring (bicyclic) bond motifs is 1. The van der Waals surface area contributed by atoms with Crippen LogP contribution in [0.15, 0.2) is 40.5 Å². The van der Waals surface area contributed by atoms with Crippen molar-refractivity contribution in [3.8, 4) is 0 Å². The summed E-state index contributed by atoms with van der Waals surface area (Å²) in [6.07, 6.45) is 2.35. The SMILES string of the molecule is Cc1ccccc1[C@@H]1CCCN1Cc1nc2ccsc2c(=O)[nH]1. The van der Waals surface area contributed by atoms with Crippen molar-refractivity contribution in [1.82, 2.24) is 14.9 Å². The zero-order valence-corrected chi connectivity index (χ0v) is 13.9. The maximum Gasteiger partial charge on any atom is 0.268 e. The molecule has 3 heterocycles. The third-order valence-corrected chi connectivity index (χ3v) is 5.53. The van der Waals surface area contributed by atoms with Gasteiger partial charge in [0.05, 0.1) is 12.1 Å². The third-order valence-electron chi connectivity index (χ3n) is 4.63. The summed E-state index contributed by atoms with van der Waals surface area (Å²) in [5, 5.41) is 1.92. The highest BCUT2D eigenvalue weighted by molar-refractivity contribution is 7.17. The summed E-state index contributed by atoms with van der Waals surface area (Å²) in [5.41, 5.74) is 3.51. The Morgan fingerprint density at radius 2 is 2.22 bits per heavy atom. The van der Waals surface area contributed by atoms with Crippen molar-refractivity contribution in [2.45, 2.75) is 32.4 Å². The van der Waals surface area contributed by atoms with Gasteiger partial charge in [0.2, 0.25) is 0 Å². The van der Waals surface area contributed by atoms with Crippen LogP contribution in [-0.4, -0.2) is 21.4 Å². The number of H-pyrrole nitrogens is 1. The normalized spacial score (nSPS) is 18.7. The van der Waals surface area contributed by atoms with Crippen molar-refractivity contribution in [3.05, 3.63) is 63.0 Å². The minimum atomic E-state index is -0.0216. The fourth-order valence-corrected chi connectivity index (χ4v) is 4.24. The molecule has 0 unspecified atom stereocenters. The van der Waals surface area contributed by atoms with Gasteiger partial charge in [0.15, 0.2) is 0 Å². The molecule has 1 N–H and O–H groups in total. The van der Waals surface area contributed by atoms with Gasteiger partial charge < -0.3 is 4.98 Å². The Labute approximate surface area is 138 Å². The molecule has 1 atom stereocenters. The average molecular weight is 325 g/mol. The highest BCUT2D eigenvalue weighted by Crippen LogP contribution is 2.34. The van der Waals surface area contributed by atoms with E-state index in [0.717, 1.165) is 24.3 Å². The van der Waals surface area contributed by atoms with E-state index in [2.05, 4.69) is 46.1 Å². The van der Waals surface area contributed by atoms with Crippen LogP contribution in [0.25, 0.3) is 10.2 Å². The molecule has 1 aliphatic rings.